The van der Waals surface area contributed by atoms with E-state index in [1.165, 1.54) is 12.0 Å². The Morgan fingerprint density at radius 3 is 2.47 bits per heavy atom. The quantitative estimate of drug-likeness (QED) is 0.407. The lowest BCUT2D eigenvalue weighted by molar-refractivity contribution is 0.857. The van der Waals surface area contributed by atoms with E-state index in [9.17, 15) is 0 Å². The highest BCUT2D eigenvalue weighted by Gasteiger charge is 1.91. The first-order chi connectivity index (χ1) is 7.29. The Morgan fingerprint density at radius 2 is 1.80 bits per heavy atom. The number of aryl methyl sites for hydroxylation is 1. The average Bonchev–Trinajstić information content (AvgIpc) is 2.24. The molecule has 0 heterocycles. The molecule has 0 fully saturated rings. The van der Waals surface area contributed by atoms with Crippen molar-refractivity contribution in [2.45, 2.75) is 38.4 Å². The second-order valence-corrected chi connectivity index (χ2v) is 6.84. The zero-order chi connectivity index (χ0) is 10.9. The molecule has 0 unspecified atom stereocenters. The van der Waals surface area contributed by atoms with Crippen LogP contribution in [0.2, 0.25) is 19.1 Å². The van der Waals surface area contributed by atoms with E-state index >= 15 is 0 Å². The number of unbranched alkanes of at least 4 members (excludes halogenated alkanes) is 1. The molecule has 1 aromatic rings. The Labute approximate surface area is 95.3 Å². The third-order valence-electron chi connectivity index (χ3n) is 2.18. The van der Waals surface area contributed by atoms with Crippen LogP contribution in [0.3, 0.4) is 0 Å². The Hall–Kier alpha value is -1.00. The van der Waals surface area contributed by atoms with Crippen molar-refractivity contribution in [2.24, 2.45) is 0 Å². The zero-order valence-corrected chi connectivity index (χ0v) is 10.7. The molecule has 0 aliphatic rings. The molecule has 0 aromatic heterocycles. The van der Waals surface area contributed by atoms with Crippen LogP contribution in [0.5, 0.6) is 0 Å². The molecule has 0 aliphatic carbocycles. The van der Waals surface area contributed by atoms with Crippen LogP contribution >= 0.6 is 0 Å². The minimum absolute atomic E-state index is 0.147. The molecule has 0 nitrogen and oxygen atoms in total. The van der Waals surface area contributed by atoms with Gasteiger partial charge in [-0.25, -0.2) is 0 Å². The lowest BCUT2D eigenvalue weighted by Crippen LogP contribution is -1.95. The molecule has 1 rings (SSSR count). The van der Waals surface area contributed by atoms with Crippen LogP contribution in [-0.4, -0.2) is 8.80 Å². The number of hydrogen-bond acceptors (Lipinski definition) is 0. The highest BCUT2D eigenvalue weighted by Crippen LogP contribution is 2.03. The molecule has 0 saturated heterocycles. The second kappa shape index (κ2) is 7.31. The molecule has 1 radical (unpaired) electrons. The highest BCUT2D eigenvalue weighted by atomic mass is 28.3. The fourth-order valence-electron chi connectivity index (χ4n) is 1.35. The molecule has 1 heteroatoms. The van der Waals surface area contributed by atoms with E-state index in [0.29, 0.717) is 0 Å². The lowest BCUT2D eigenvalue weighted by atomic mass is 10.1. The van der Waals surface area contributed by atoms with Crippen molar-refractivity contribution in [1.82, 2.24) is 0 Å². The van der Waals surface area contributed by atoms with Crippen molar-refractivity contribution in [3.63, 3.8) is 0 Å². The van der Waals surface area contributed by atoms with E-state index in [-0.39, 0.29) is 8.80 Å². The van der Waals surface area contributed by atoms with Crippen molar-refractivity contribution in [3.05, 3.63) is 35.9 Å². The van der Waals surface area contributed by atoms with E-state index in [2.05, 4.69) is 55.3 Å². The van der Waals surface area contributed by atoms with E-state index in [1.54, 1.807) is 0 Å². The monoisotopic (exact) mass is 215 g/mol. The van der Waals surface area contributed by atoms with E-state index < -0.39 is 0 Å². The summed E-state index contributed by atoms with van der Waals surface area (Å²) < 4.78 is 0. The van der Waals surface area contributed by atoms with Crippen LogP contribution in [0.1, 0.15) is 18.4 Å². The molecule has 0 aliphatic heterocycles. The van der Waals surface area contributed by atoms with Gasteiger partial charge in [0.15, 0.2) is 0 Å². The van der Waals surface area contributed by atoms with Gasteiger partial charge in [0, 0.05) is 12.5 Å². The Morgan fingerprint density at radius 1 is 1.07 bits per heavy atom. The third kappa shape index (κ3) is 6.14. The van der Waals surface area contributed by atoms with Crippen LogP contribution < -0.4 is 0 Å². The molecule has 0 N–H and O–H groups in total. The number of benzene rings is 1. The molecule has 79 valence electrons. The van der Waals surface area contributed by atoms with Gasteiger partial charge in [-0.15, -0.1) is 11.8 Å². The van der Waals surface area contributed by atoms with Gasteiger partial charge in [0.05, 0.1) is 8.80 Å². The molecule has 1 aromatic carbocycles. The van der Waals surface area contributed by atoms with Gasteiger partial charge < -0.3 is 0 Å². The van der Waals surface area contributed by atoms with Crippen LogP contribution in [0.4, 0.5) is 0 Å². The molecular formula is C14H19Si. The largest absolute Gasteiger partial charge is 0.107 e. The Balaban J connectivity index is 2.14. The van der Waals surface area contributed by atoms with Gasteiger partial charge >= 0.3 is 0 Å². The van der Waals surface area contributed by atoms with Crippen molar-refractivity contribution < 1.29 is 0 Å². The first-order valence-electron chi connectivity index (χ1n) is 5.57. The SMILES string of the molecule is C[Si](C)CC#CCCCc1ccccc1. The van der Waals surface area contributed by atoms with E-state index in [0.717, 1.165) is 18.9 Å². The van der Waals surface area contributed by atoms with E-state index in [4.69, 9.17) is 0 Å². The molecule has 15 heavy (non-hydrogen) atoms. The predicted octanol–water partition coefficient (Wildman–Crippen LogP) is 3.77. The number of hydrogen-bond donors (Lipinski definition) is 0. The minimum atomic E-state index is -0.147. The molecule has 0 amide bonds. The fraction of sp³-hybridized carbons (Fsp3) is 0.429. The molecule has 0 saturated carbocycles. The summed E-state index contributed by atoms with van der Waals surface area (Å²) in [5.74, 6) is 6.53. The lowest BCUT2D eigenvalue weighted by Gasteiger charge is -1.97. The van der Waals surface area contributed by atoms with Gasteiger partial charge in [0.2, 0.25) is 0 Å². The predicted molar refractivity (Wildman–Crippen MR) is 69.4 cm³/mol. The van der Waals surface area contributed by atoms with E-state index in [1.807, 2.05) is 0 Å². The van der Waals surface area contributed by atoms with Gasteiger partial charge in [-0.2, -0.15) is 0 Å². The van der Waals surface area contributed by atoms with Crippen LogP contribution in [0.25, 0.3) is 0 Å². The molecular weight excluding hydrogens is 196 g/mol. The maximum Gasteiger partial charge on any atom is 0.0556 e. The Kier molecular flexibility index (Phi) is 5.88. The van der Waals surface area contributed by atoms with Crippen LogP contribution in [0, 0.1) is 11.8 Å². The van der Waals surface area contributed by atoms with Gasteiger partial charge in [0.25, 0.3) is 0 Å². The fourth-order valence-corrected chi connectivity index (χ4v) is 1.83. The summed E-state index contributed by atoms with van der Waals surface area (Å²) in [6.45, 7) is 4.62. The molecule has 0 bridgehead atoms. The minimum Gasteiger partial charge on any atom is -0.107 e. The van der Waals surface area contributed by atoms with Crippen LogP contribution in [-0.2, 0) is 6.42 Å². The summed E-state index contributed by atoms with van der Waals surface area (Å²) in [6.07, 6.45) is 3.39. The average molecular weight is 215 g/mol. The molecule has 0 atom stereocenters. The standard InChI is InChI=1S/C14H19Si/c1-15(2)13-9-4-3-6-10-14-11-7-5-8-12-14/h5,7-8,11-12H,3,6,10,13H2,1-2H3. The van der Waals surface area contributed by atoms with Crippen molar-refractivity contribution in [3.8, 4) is 11.8 Å². The van der Waals surface area contributed by atoms with Crippen molar-refractivity contribution in [1.29, 1.82) is 0 Å². The highest BCUT2D eigenvalue weighted by molar-refractivity contribution is 6.56. The second-order valence-electron chi connectivity index (χ2n) is 4.08. The maximum atomic E-state index is 3.27. The first kappa shape index (κ1) is 12.1. The summed E-state index contributed by atoms with van der Waals surface area (Å²) in [7, 11) is -0.147. The van der Waals surface area contributed by atoms with Gasteiger partial charge in [-0.05, 0) is 18.4 Å². The van der Waals surface area contributed by atoms with Gasteiger partial charge in [0.1, 0.15) is 0 Å². The third-order valence-corrected chi connectivity index (χ3v) is 3.06. The van der Waals surface area contributed by atoms with Crippen molar-refractivity contribution in [2.75, 3.05) is 0 Å². The number of rotatable bonds is 4. The smallest absolute Gasteiger partial charge is 0.0556 e. The zero-order valence-electron chi connectivity index (χ0n) is 9.72. The summed E-state index contributed by atoms with van der Waals surface area (Å²) in [4.78, 5) is 0. The summed E-state index contributed by atoms with van der Waals surface area (Å²) in [6, 6.07) is 11.8. The van der Waals surface area contributed by atoms with Crippen LogP contribution in [0.15, 0.2) is 30.3 Å². The van der Waals surface area contributed by atoms with Gasteiger partial charge in [-0.1, -0.05) is 43.4 Å². The summed E-state index contributed by atoms with van der Waals surface area (Å²) >= 11 is 0. The Bertz CT molecular complexity index is 316. The first-order valence-corrected chi connectivity index (χ1v) is 8.28. The maximum absolute atomic E-state index is 3.27. The molecule has 0 spiro atoms. The summed E-state index contributed by atoms with van der Waals surface area (Å²) in [5.41, 5.74) is 1.43. The normalized spacial score (nSPS) is 9.80. The topological polar surface area (TPSA) is 0 Å². The summed E-state index contributed by atoms with van der Waals surface area (Å²) in [5, 5.41) is 0. The van der Waals surface area contributed by atoms with Gasteiger partial charge in [-0.3, -0.25) is 0 Å². The van der Waals surface area contributed by atoms with Crippen molar-refractivity contribution >= 4 is 8.80 Å².